The fraction of sp³-hybridized carbons (Fsp3) is 0.222. The van der Waals surface area contributed by atoms with E-state index >= 15 is 0 Å². The summed E-state index contributed by atoms with van der Waals surface area (Å²) >= 11 is 0. The first-order valence-corrected chi connectivity index (χ1v) is 5.83. The van der Waals surface area contributed by atoms with E-state index < -0.39 is 13.8 Å². The average Bonchev–Trinajstić information content (AvgIpc) is 2.14. The zero-order chi connectivity index (χ0) is 12.2. The van der Waals surface area contributed by atoms with Crippen LogP contribution < -0.4 is 19.4 Å². The normalized spacial score (nSPS) is 11.1. The molecule has 1 rings (SSSR count). The van der Waals surface area contributed by atoms with Gasteiger partial charge < -0.3 is 28.8 Å². The largest absolute Gasteiger partial charge is 0.780 e. The summed E-state index contributed by atoms with van der Waals surface area (Å²) in [5.41, 5.74) is 0.684. The molecule has 0 N–H and O–H groups in total. The summed E-state index contributed by atoms with van der Waals surface area (Å²) in [6.45, 7) is 0. The van der Waals surface area contributed by atoms with E-state index in [0.29, 0.717) is 5.56 Å². The molecular formula is C9H8O6P-3. The minimum atomic E-state index is -5.04. The van der Waals surface area contributed by atoms with Gasteiger partial charge >= 0.3 is 0 Å². The third kappa shape index (κ3) is 4.93. The molecule has 6 nitrogen and oxygen atoms in total. The minimum Gasteiger partial charge on any atom is -0.780 e. The molecule has 0 heterocycles. The van der Waals surface area contributed by atoms with Crippen molar-refractivity contribution in [3.05, 3.63) is 29.8 Å². The van der Waals surface area contributed by atoms with Gasteiger partial charge in [0, 0.05) is 5.97 Å². The summed E-state index contributed by atoms with van der Waals surface area (Å²) in [5.74, 6) is -1.26. The highest BCUT2D eigenvalue weighted by Gasteiger charge is 1.98. The number of carbonyl (C=O) groups is 1. The van der Waals surface area contributed by atoms with Crippen molar-refractivity contribution in [1.82, 2.24) is 0 Å². The molecule has 0 aliphatic heterocycles. The lowest BCUT2D eigenvalue weighted by atomic mass is 10.1. The lowest BCUT2D eigenvalue weighted by molar-refractivity contribution is -0.333. The van der Waals surface area contributed by atoms with Crippen LogP contribution >= 0.6 is 7.82 Å². The van der Waals surface area contributed by atoms with Crippen LogP contribution in [0.15, 0.2) is 24.3 Å². The number of rotatable bonds is 5. The van der Waals surface area contributed by atoms with Crippen LogP contribution in [0.1, 0.15) is 12.0 Å². The third-order valence-electron chi connectivity index (χ3n) is 1.76. The fourth-order valence-corrected chi connectivity index (χ4v) is 1.47. The summed E-state index contributed by atoms with van der Waals surface area (Å²) in [7, 11) is -5.04. The van der Waals surface area contributed by atoms with Gasteiger partial charge in [0.2, 0.25) is 0 Å². The zero-order valence-corrected chi connectivity index (χ0v) is 9.01. The van der Waals surface area contributed by atoms with E-state index in [1.54, 1.807) is 0 Å². The molecule has 7 heteroatoms. The fourth-order valence-electron chi connectivity index (χ4n) is 1.09. The van der Waals surface area contributed by atoms with Gasteiger partial charge in [-0.25, -0.2) is 0 Å². The van der Waals surface area contributed by atoms with Gasteiger partial charge in [0.15, 0.2) is 0 Å². The van der Waals surface area contributed by atoms with E-state index in [0.717, 1.165) is 0 Å². The first-order chi connectivity index (χ1) is 7.37. The van der Waals surface area contributed by atoms with Crippen molar-refractivity contribution in [3.8, 4) is 5.75 Å². The Kier molecular flexibility index (Phi) is 4.06. The molecule has 0 fully saturated rings. The predicted molar refractivity (Wildman–Crippen MR) is 48.0 cm³/mol. The van der Waals surface area contributed by atoms with Crippen molar-refractivity contribution in [2.75, 3.05) is 0 Å². The Bertz CT molecular complexity index is 407. The molecule has 16 heavy (non-hydrogen) atoms. The van der Waals surface area contributed by atoms with Crippen molar-refractivity contribution < 1.29 is 28.8 Å². The highest BCUT2D eigenvalue weighted by atomic mass is 31.2. The molecule has 0 radical (unpaired) electrons. The second-order valence-corrected chi connectivity index (χ2v) is 4.13. The van der Waals surface area contributed by atoms with Crippen molar-refractivity contribution in [1.29, 1.82) is 0 Å². The van der Waals surface area contributed by atoms with Gasteiger partial charge in [-0.3, -0.25) is 0 Å². The van der Waals surface area contributed by atoms with Crippen molar-refractivity contribution in [2.45, 2.75) is 12.8 Å². The number of hydrogen-bond acceptors (Lipinski definition) is 6. The topological polar surface area (TPSA) is 113 Å². The van der Waals surface area contributed by atoms with Gasteiger partial charge in [-0.15, -0.1) is 0 Å². The van der Waals surface area contributed by atoms with Crippen LogP contribution in [0, 0.1) is 0 Å². The number of phosphoric ester groups is 1. The number of aliphatic carboxylic acids is 1. The molecule has 0 aliphatic rings. The Balaban J connectivity index is 2.61. The maximum absolute atomic E-state index is 10.3. The molecular weight excluding hydrogens is 235 g/mol. The Morgan fingerprint density at radius 1 is 1.25 bits per heavy atom. The number of carbonyl (C=O) groups excluding carboxylic acids is 1. The first kappa shape index (κ1) is 12.7. The Morgan fingerprint density at radius 3 is 2.25 bits per heavy atom. The molecule has 0 aromatic heterocycles. The maximum atomic E-state index is 10.3. The molecule has 0 aliphatic carbocycles. The van der Waals surface area contributed by atoms with Crippen LogP contribution in [0.5, 0.6) is 5.75 Å². The monoisotopic (exact) mass is 243 g/mol. The molecule has 0 amide bonds. The molecule has 1 aromatic carbocycles. The van der Waals surface area contributed by atoms with Crippen LogP contribution in [-0.2, 0) is 15.8 Å². The standard InChI is InChI=1S/C9H11O6P/c10-9(11)6-3-7-1-4-8(5-2-7)15-16(12,13)14/h1-2,4-5H,3,6H2,(H,10,11)(H2,12,13,14)/p-3. The summed E-state index contributed by atoms with van der Waals surface area (Å²) in [5, 5.41) is 10.2. The van der Waals surface area contributed by atoms with E-state index in [4.69, 9.17) is 0 Å². The highest BCUT2D eigenvalue weighted by molar-refractivity contribution is 7.43. The molecule has 0 bridgehead atoms. The van der Waals surface area contributed by atoms with Gasteiger partial charge in [0.05, 0.1) is 0 Å². The summed E-state index contributed by atoms with van der Waals surface area (Å²) in [6, 6.07) is 5.53. The van der Waals surface area contributed by atoms with Crippen LogP contribution in [-0.4, -0.2) is 5.97 Å². The molecule has 0 spiro atoms. The van der Waals surface area contributed by atoms with Crippen LogP contribution in [0.2, 0.25) is 0 Å². The number of hydrogen-bond donors (Lipinski definition) is 0. The van der Waals surface area contributed by atoms with Crippen LogP contribution in [0.3, 0.4) is 0 Å². The minimum absolute atomic E-state index is 0.0921. The molecule has 88 valence electrons. The number of aryl methyl sites for hydroxylation is 1. The van der Waals surface area contributed by atoms with Gasteiger partial charge in [0.25, 0.3) is 0 Å². The smallest absolute Gasteiger partial charge is 0.124 e. The number of benzene rings is 1. The molecule has 0 atom stereocenters. The second-order valence-electron chi connectivity index (χ2n) is 3.05. The summed E-state index contributed by atoms with van der Waals surface area (Å²) < 4.78 is 14.4. The van der Waals surface area contributed by atoms with Crippen molar-refractivity contribution in [3.63, 3.8) is 0 Å². The summed E-state index contributed by atoms with van der Waals surface area (Å²) in [6.07, 6.45) is 0.150. The van der Waals surface area contributed by atoms with Gasteiger partial charge in [-0.2, -0.15) is 0 Å². The van der Waals surface area contributed by atoms with E-state index in [1.165, 1.54) is 24.3 Å². The molecule has 1 aromatic rings. The summed E-state index contributed by atoms with van der Waals surface area (Å²) in [4.78, 5) is 30.7. The molecule has 0 saturated heterocycles. The first-order valence-electron chi connectivity index (χ1n) is 4.37. The van der Waals surface area contributed by atoms with Gasteiger partial charge in [-0.1, -0.05) is 12.1 Å². The van der Waals surface area contributed by atoms with Crippen molar-refractivity contribution in [2.24, 2.45) is 0 Å². The Morgan fingerprint density at radius 2 is 1.81 bits per heavy atom. The lowest BCUT2D eigenvalue weighted by Gasteiger charge is -2.28. The maximum Gasteiger partial charge on any atom is 0.124 e. The average molecular weight is 243 g/mol. The lowest BCUT2D eigenvalue weighted by Crippen LogP contribution is -2.22. The predicted octanol–water partition coefficient (Wildman–Crippen LogP) is -1.42. The van der Waals surface area contributed by atoms with E-state index in [9.17, 15) is 24.3 Å². The third-order valence-corrected chi connectivity index (χ3v) is 2.19. The quantitative estimate of drug-likeness (QED) is 0.586. The van der Waals surface area contributed by atoms with Gasteiger partial charge in [0.1, 0.15) is 13.6 Å². The van der Waals surface area contributed by atoms with Gasteiger partial charge in [-0.05, 0) is 30.5 Å². The van der Waals surface area contributed by atoms with E-state index in [2.05, 4.69) is 4.52 Å². The van der Waals surface area contributed by atoms with Crippen LogP contribution in [0.4, 0.5) is 0 Å². The molecule has 0 saturated carbocycles. The van der Waals surface area contributed by atoms with E-state index in [-0.39, 0.29) is 18.6 Å². The van der Waals surface area contributed by atoms with Crippen LogP contribution in [0.25, 0.3) is 0 Å². The number of carboxylic acid groups (broad SMARTS) is 1. The number of phosphoric acid groups is 1. The second kappa shape index (κ2) is 5.12. The zero-order valence-electron chi connectivity index (χ0n) is 8.12. The Hall–Kier alpha value is -1.36. The molecule has 0 unspecified atom stereocenters. The number of carboxylic acids is 1. The highest BCUT2D eigenvalue weighted by Crippen LogP contribution is 2.28. The SMILES string of the molecule is O=C([O-])CCc1ccc(OP(=O)([O-])[O-])cc1. The van der Waals surface area contributed by atoms with Crippen molar-refractivity contribution >= 4 is 13.8 Å². The van der Waals surface area contributed by atoms with E-state index in [1.807, 2.05) is 0 Å². The Labute approximate surface area is 91.7 Å².